The number of amides is 1. The molecular weight excluding hydrogens is 183 g/mol. The first-order valence-corrected chi connectivity index (χ1v) is 4.52. The topological polar surface area (TPSA) is 33.2 Å². The van der Waals surface area contributed by atoms with Gasteiger partial charge in [-0.2, -0.15) is 4.39 Å². The molecule has 1 amide bonds. The van der Waals surface area contributed by atoms with Crippen LogP contribution in [0.3, 0.4) is 0 Å². The van der Waals surface area contributed by atoms with Gasteiger partial charge in [-0.25, -0.2) is 4.98 Å². The van der Waals surface area contributed by atoms with Crippen molar-refractivity contribution in [3.63, 3.8) is 0 Å². The Labute approximate surface area is 82.6 Å². The summed E-state index contributed by atoms with van der Waals surface area (Å²) in [6, 6.07) is 2.99. The Morgan fingerprint density at radius 2 is 2.36 bits per heavy atom. The molecule has 0 N–H and O–H groups in total. The molecule has 0 radical (unpaired) electrons. The van der Waals surface area contributed by atoms with Crippen LogP contribution in [0, 0.1) is 5.95 Å². The average Bonchev–Trinajstić information content (AvgIpc) is 2.18. The van der Waals surface area contributed by atoms with Crippen molar-refractivity contribution >= 4 is 5.91 Å². The number of aromatic nitrogens is 1. The first-order chi connectivity index (χ1) is 6.66. The molecule has 1 aromatic heterocycles. The van der Waals surface area contributed by atoms with Gasteiger partial charge in [-0.05, 0) is 18.6 Å². The summed E-state index contributed by atoms with van der Waals surface area (Å²) in [5, 5.41) is 0. The summed E-state index contributed by atoms with van der Waals surface area (Å²) in [5.74, 6) is -1.03. The van der Waals surface area contributed by atoms with Gasteiger partial charge in [-0.3, -0.25) is 4.79 Å². The van der Waals surface area contributed by atoms with Crippen LogP contribution in [0.5, 0.6) is 0 Å². The maximum absolute atomic E-state index is 13.1. The van der Waals surface area contributed by atoms with Gasteiger partial charge in [-0.1, -0.05) is 6.92 Å². The van der Waals surface area contributed by atoms with Crippen LogP contribution in [-0.2, 0) is 0 Å². The summed E-state index contributed by atoms with van der Waals surface area (Å²) >= 11 is 0. The van der Waals surface area contributed by atoms with Crippen molar-refractivity contribution in [2.45, 2.75) is 13.3 Å². The van der Waals surface area contributed by atoms with Gasteiger partial charge in [0.25, 0.3) is 5.91 Å². The fourth-order valence-electron chi connectivity index (χ4n) is 1.19. The summed E-state index contributed by atoms with van der Waals surface area (Å²) in [4.78, 5) is 16.5. The molecule has 76 valence electrons. The highest BCUT2D eigenvalue weighted by Gasteiger charge is 2.15. The van der Waals surface area contributed by atoms with Gasteiger partial charge in [0.05, 0.1) is 5.56 Å². The zero-order valence-corrected chi connectivity index (χ0v) is 8.33. The molecule has 0 saturated carbocycles. The summed E-state index contributed by atoms with van der Waals surface area (Å²) in [5.41, 5.74) is 0.0310. The summed E-state index contributed by atoms with van der Waals surface area (Å²) in [7, 11) is 1.65. The van der Waals surface area contributed by atoms with Crippen molar-refractivity contribution in [3.8, 4) is 0 Å². The van der Waals surface area contributed by atoms with Crippen LogP contribution >= 0.6 is 0 Å². The highest BCUT2D eigenvalue weighted by atomic mass is 19.1. The SMILES string of the molecule is CCCN(C)C(=O)c1cccnc1F. The van der Waals surface area contributed by atoms with Crippen LogP contribution in [-0.4, -0.2) is 29.4 Å². The van der Waals surface area contributed by atoms with E-state index in [-0.39, 0.29) is 11.5 Å². The summed E-state index contributed by atoms with van der Waals surface area (Å²) < 4.78 is 13.1. The Bertz CT molecular complexity index is 328. The summed E-state index contributed by atoms with van der Waals surface area (Å²) in [6.07, 6.45) is 2.18. The first kappa shape index (κ1) is 10.6. The maximum Gasteiger partial charge on any atom is 0.258 e. The third kappa shape index (κ3) is 2.28. The monoisotopic (exact) mass is 196 g/mol. The van der Waals surface area contributed by atoms with E-state index in [1.54, 1.807) is 13.1 Å². The van der Waals surface area contributed by atoms with Crippen LogP contribution in [0.25, 0.3) is 0 Å². The Kier molecular flexibility index (Phi) is 3.56. The van der Waals surface area contributed by atoms with Crippen molar-refractivity contribution in [2.75, 3.05) is 13.6 Å². The fraction of sp³-hybridized carbons (Fsp3) is 0.400. The van der Waals surface area contributed by atoms with E-state index < -0.39 is 5.95 Å². The molecule has 14 heavy (non-hydrogen) atoms. The van der Waals surface area contributed by atoms with Gasteiger partial charge >= 0.3 is 0 Å². The summed E-state index contributed by atoms with van der Waals surface area (Å²) in [6.45, 7) is 2.58. The minimum absolute atomic E-state index is 0.0310. The number of rotatable bonds is 3. The molecule has 0 aliphatic carbocycles. The molecule has 1 rings (SSSR count). The van der Waals surface area contributed by atoms with Gasteiger partial charge in [0.15, 0.2) is 0 Å². The highest BCUT2D eigenvalue weighted by Crippen LogP contribution is 2.06. The molecule has 0 aliphatic heterocycles. The quantitative estimate of drug-likeness (QED) is 0.689. The van der Waals surface area contributed by atoms with Crippen LogP contribution in [0.15, 0.2) is 18.3 Å². The normalized spacial score (nSPS) is 9.93. The van der Waals surface area contributed by atoms with E-state index in [0.717, 1.165) is 6.42 Å². The minimum atomic E-state index is -0.708. The average molecular weight is 196 g/mol. The van der Waals surface area contributed by atoms with Crippen molar-refractivity contribution in [3.05, 3.63) is 29.8 Å². The molecule has 3 nitrogen and oxygen atoms in total. The Morgan fingerprint density at radius 1 is 1.64 bits per heavy atom. The second kappa shape index (κ2) is 4.69. The molecule has 0 bridgehead atoms. The predicted molar refractivity (Wildman–Crippen MR) is 51.4 cm³/mol. The van der Waals surface area contributed by atoms with E-state index in [4.69, 9.17) is 0 Å². The number of hydrogen-bond donors (Lipinski definition) is 0. The lowest BCUT2D eigenvalue weighted by atomic mass is 10.2. The zero-order chi connectivity index (χ0) is 10.6. The first-order valence-electron chi connectivity index (χ1n) is 4.52. The lowest BCUT2D eigenvalue weighted by Gasteiger charge is -2.15. The van der Waals surface area contributed by atoms with Crippen molar-refractivity contribution in [1.82, 2.24) is 9.88 Å². The van der Waals surface area contributed by atoms with E-state index in [0.29, 0.717) is 6.54 Å². The fourth-order valence-corrected chi connectivity index (χ4v) is 1.19. The van der Waals surface area contributed by atoms with E-state index in [1.165, 1.54) is 17.2 Å². The van der Waals surface area contributed by atoms with Crippen LogP contribution in [0.1, 0.15) is 23.7 Å². The molecule has 0 aromatic carbocycles. The standard InChI is InChI=1S/C10H13FN2O/c1-3-7-13(2)10(14)8-5-4-6-12-9(8)11/h4-6H,3,7H2,1-2H3. The van der Waals surface area contributed by atoms with E-state index in [2.05, 4.69) is 4.98 Å². The molecule has 1 aromatic rings. The molecular formula is C10H13FN2O. The zero-order valence-electron chi connectivity index (χ0n) is 8.33. The Balaban J connectivity index is 2.84. The number of carbonyl (C=O) groups is 1. The second-order valence-corrected chi connectivity index (χ2v) is 3.07. The van der Waals surface area contributed by atoms with Crippen LogP contribution in [0.4, 0.5) is 4.39 Å². The molecule has 0 aliphatic rings. The molecule has 0 atom stereocenters. The number of halogens is 1. The molecule has 1 heterocycles. The van der Waals surface area contributed by atoms with Gasteiger partial charge < -0.3 is 4.90 Å². The lowest BCUT2D eigenvalue weighted by Crippen LogP contribution is -2.28. The van der Waals surface area contributed by atoms with Crippen LogP contribution < -0.4 is 0 Å². The number of nitrogens with zero attached hydrogens (tertiary/aromatic N) is 2. The van der Waals surface area contributed by atoms with Crippen molar-refractivity contribution in [2.24, 2.45) is 0 Å². The van der Waals surface area contributed by atoms with Gasteiger partial charge in [-0.15, -0.1) is 0 Å². The lowest BCUT2D eigenvalue weighted by molar-refractivity contribution is 0.0789. The van der Waals surface area contributed by atoms with E-state index in [9.17, 15) is 9.18 Å². The molecule has 0 unspecified atom stereocenters. The molecule has 0 fully saturated rings. The molecule has 4 heteroatoms. The van der Waals surface area contributed by atoms with Gasteiger partial charge in [0, 0.05) is 19.8 Å². The molecule has 0 spiro atoms. The minimum Gasteiger partial charge on any atom is -0.342 e. The van der Waals surface area contributed by atoms with E-state index >= 15 is 0 Å². The van der Waals surface area contributed by atoms with Crippen LogP contribution in [0.2, 0.25) is 0 Å². The number of carbonyl (C=O) groups excluding carboxylic acids is 1. The predicted octanol–water partition coefficient (Wildman–Crippen LogP) is 1.70. The van der Waals surface area contributed by atoms with E-state index in [1.807, 2.05) is 6.92 Å². The number of pyridine rings is 1. The van der Waals surface area contributed by atoms with Gasteiger partial charge in [0.1, 0.15) is 0 Å². The smallest absolute Gasteiger partial charge is 0.258 e. The third-order valence-corrected chi connectivity index (χ3v) is 1.90. The largest absolute Gasteiger partial charge is 0.342 e. The molecule has 0 saturated heterocycles. The van der Waals surface area contributed by atoms with Crippen molar-refractivity contribution < 1.29 is 9.18 Å². The van der Waals surface area contributed by atoms with Gasteiger partial charge in [0.2, 0.25) is 5.95 Å². The third-order valence-electron chi connectivity index (χ3n) is 1.90. The maximum atomic E-state index is 13.1. The number of hydrogen-bond acceptors (Lipinski definition) is 2. The van der Waals surface area contributed by atoms with Crippen molar-refractivity contribution in [1.29, 1.82) is 0 Å². The Hall–Kier alpha value is -1.45. The highest BCUT2D eigenvalue weighted by molar-refractivity contribution is 5.93. The Morgan fingerprint density at radius 3 is 2.93 bits per heavy atom. The second-order valence-electron chi connectivity index (χ2n) is 3.07.